The summed E-state index contributed by atoms with van der Waals surface area (Å²) in [5.41, 5.74) is 1.05. The lowest BCUT2D eigenvalue weighted by Crippen LogP contribution is -2.08. The molecular formula is C13H14N2O3. The SMILES string of the molecule is CC(=O)Nc1ccc(C(=O)OCCCC#N)cc1. The number of nitrogens with zero attached hydrogens (tertiary/aromatic N) is 1. The van der Waals surface area contributed by atoms with Gasteiger partial charge in [-0.3, -0.25) is 4.79 Å². The van der Waals surface area contributed by atoms with Crippen molar-refractivity contribution >= 4 is 17.6 Å². The number of nitriles is 1. The predicted molar refractivity (Wildman–Crippen MR) is 65.9 cm³/mol. The van der Waals surface area contributed by atoms with E-state index in [1.165, 1.54) is 6.92 Å². The molecule has 94 valence electrons. The van der Waals surface area contributed by atoms with Gasteiger partial charge in [-0.25, -0.2) is 4.79 Å². The highest BCUT2D eigenvalue weighted by Crippen LogP contribution is 2.10. The number of unbranched alkanes of at least 4 members (excludes halogenated alkanes) is 1. The number of benzene rings is 1. The molecule has 1 aromatic rings. The average Bonchev–Trinajstić information content (AvgIpc) is 2.34. The fourth-order valence-corrected chi connectivity index (χ4v) is 1.29. The van der Waals surface area contributed by atoms with Gasteiger partial charge in [0.15, 0.2) is 0 Å². The van der Waals surface area contributed by atoms with Crippen molar-refractivity contribution in [3.8, 4) is 6.07 Å². The number of carbonyl (C=O) groups is 2. The number of amides is 1. The Hall–Kier alpha value is -2.35. The molecule has 0 atom stereocenters. The van der Waals surface area contributed by atoms with Crippen LogP contribution in [0.25, 0.3) is 0 Å². The molecule has 0 aliphatic carbocycles. The van der Waals surface area contributed by atoms with Crippen LogP contribution in [0, 0.1) is 11.3 Å². The monoisotopic (exact) mass is 246 g/mol. The molecule has 18 heavy (non-hydrogen) atoms. The standard InChI is InChI=1S/C13H14N2O3/c1-10(16)15-12-6-4-11(5-7-12)13(17)18-9-3-2-8-14/h4-7H,2-3,9H2,1H3,(H,15,16). The van der Waals surface area contributed by atoms with Gasteiger partial charge < -0.3 is 10.1 Å². The molecule has 1 amide bonds. The summed E-state index contributed by atoms with van der Waals surface area (Å²) < 4.78 is 4.97. The molecule has 0 saturated heterocycles. The van der Waals surface area contributed by atoms with E-state index in [1.54, 1.807) is 24.3 Å². The molecule has 0 heterocycles. The third-order valence-corrected chi connectivity index (χ3v) is 2.11. The van der Waals surface area contributed by atoms with Crippen LogP contribution in [0.5, 0.6) is 0 Å². The Kier molecular flexibility index (Phi) is 5.39. The van der Waals surface area contributed by atoms with E-state index < -0.39 is 5.97 Å². The Morgan fingerprint density at radius 1 is 1.33 bits per heavy atom. The van der Waals surface area contributed by atoms with Crippen LogP contribution >= 0.6 is 0 Å². The van der Waals surface area contributed by atoms with E-state index in [9.17, 15) is 9.59 Å². The van der Waals surface area contributed by atoms with E-state index >= 15 is 0 Å². The number of hydrogen-bond donors (Lipinski definition) is 1. The minimum atomic E-state index is -0.428. The van der Waals surface area contributed by atoms with Gasteiger partial charge in [0.1, 0.15) is 0 Å². The van der Waals surface area contributed by atoms with Gasteiger partial charge in [-0.1, -0.05) is 0 Å². The quantitative estimate of drug-likeness (QED) is 0.637. The zero-order valence-corrected chi connectivity index (χ0v) is 10.1. The summed E-state index contributed by atoms with van der Waals surface area (Å²) in [6.45, 7) is 1.65. The number of nitrogens with one attached hydrogen (secondary N) is 1. The molecule has 0 spiro atoms. The topological polar surface area (TPSA) is 79.2 Å². The Labute approximate surface area is 105 Å². The molecule has 0 fully saturated rings. The number of anilines is 1. The molecule has 1 aromatic carbocycles. The maximum atomic E-state index is 11.5. The van der Waals surface area contributed by atoms with Crippen molar-refractivity contribution < 1.29 is 14.3 Å². The van der Waals surface area contributed by atoms with E-state index in [0.717, 1.165) is 0 Å². The van der Waals surface area contributed by atoms with Gasteiger partial charge in [-0.15, -0.1) is 0 Å². The Bertz CT molecular complexity index is 460. The molecule has 0 bridgehead atoms. The highest BCUT2D eigenvalue weighted by molar-refractivity contribution is 5.92. The first-order valence-electron chi connectivity index (χ1n) is 5.55. The van der Waals surface area contributed by atoms with E-state index in [2.05, 4.69) is 5.32 Å². The van der Waals surface area contributed by atoms with Crippen LogP contribution in [0.2, 0.25) is 0 Å². The molecular weight excluding hydrogens is 232 g/mol. The predicted octanol–water partition coefficient (Wildman–Crippen LogP) is 2.11. The third kappa shape index (κ3) is 4.66. The maximum Gasteiger partial charge on any atom is 0.338 e. The van der Waals surface area contributed by atoms with Gasteiger partial charge in [0.2, 0.25) is 5.91 Å². The van der Waals surface area contributed by atoms with Crippen LogP contribution in [-0.2, 0) is 9.53 Å². The number of hydrogen-bond acceptors (Lipinski definition) is 4. The van der Waals surface area contributed by atoms with Gasteiger partial charge in [0.25, 0.3) is 0 Å². The van der Waals surface area contributed by atoms with E-state index in [0.29, 0.717) is 24.1 Å². The summed E-state index contributed by atoms with van der Waals surface area (Å²) in [6, 6.07) is 8.40. The highest BCUT2D eigenvalue weighted by atomic mass is 16.5. The first kappa shape index (κ1) is 13.7. The van der Waals surface area contributed by atoms with Crippen LogP contribution in [0.1, 0.15) is 30.1 Å². The summed E-state index contributed by atoms with van der Waals surface area (Å²) in [7, 11) is 0. The lowest BCUT2D eigenvalue weighted by Gasteiger charge is -2.05. The zero-order valence-electron chi connectivity index (χ0n) is 10.1. The molecule has 0 saturated carbocycles. The lowest BCUT2D eigenvalue weighted by molar-refractivity contribution is -0.114. The smallest absolute Gasteiger partial charge is 0.338 e. The largest absolute Gasteiger partial charge is 0.462 e. The first-order valence-corrected chi connectivity index (χ1v) is 5.55. The number of rotatable bonds is 5. The molecule has 1 N–H and O–H groups in total. The van der Waals surface area contributed by atoms with E-state index in [4.69, 9.17) is 10.00 Å². The van der Waals surface area contributed by atoms with Gasteiger partial charge in [-0.2, -0.15) is 5.26 Å². The zero-order chi connectivity index (χ0) is 13.4. The molecule has 1 rings (SSSR count). The van der Waals surface area contributed by atoms with Crippen LogP contribution in [-0.4, -0.2) is 18.5 Å². The maximum absolute atomic E-state index is 11.5. The van der Waals surface area contributed by atoms with Crippen molar-refractivity contribution in [2.45, 2.75) is 19.8 Å². The number of esters is 1. The van der Waals surface area contributed by atoms with Crippen molar-refractivity contribution in [1.82, 2.24) is 0 Å². The molecule has 0 radical (unpaired) electrons. The van der Waals surface area contributed by atoms with Crippen molar-refractivity contribution in [2.24, 2.45) is 0 Å². The summed E-state index contributed by atoms with van der Waals surface area (Å²) in [5.74, 6) is -0.593. The van der Waals surface area contributed by atoms with E-state index in [1.807, 2.05) is 6.07 Å². The Morgan fingerprint density at radius 2 is 2.00 bits per heavy atom. The van der Waals surface area contributed by atoms with Gasteiger partial charge in [0, 0.05) is 19.0 Å². The number of carbonyl (C=O) groups excluding carboxylic acids is 2. The first-order chi connectivity index (χ1) is 8.63. The van der Waals surface area contributed by atoms with Crippen LogP contribution in [0.4, 0.5) is 5.69 Å². The lowest BCUT2D eigenvalue weighted by atomic mass is 10.2. The fourth-order valence-electron chi connectivity index (χ4n) is 1.29. The van der Waals surface area contributed by atoms with Crippen LogP contribution in [0.15, 0.2) is 24.3 Å². The molecule has 5 nitrogen and oxygen atoms in total. The summed E-state index contributed by atoms with van der Waals surface area (Å²) in [5, 5.41) is 10.9. The van der Waals surface area contributed by atoms with Gasteiger partial charge >= 0.3 is 5.97 Å². The second-order valence-corrected chi connectivity index (χ2v) is 3.66. The van der Waals surface area contributed by atoms with Crippen LogP contribution in [0.3, 0.4) is 0 Å². The molecule has 0 aliphatic heterocycles. The van der Waals surface area contributed by atoms with Gasteiger partial charge in [-0.05, 0) is 30.7 Å². The van der Waals surface area contributed by atoms with Crippen molar-refractivity contribution in [1.29, 1.82) is 5.26 Å². The Morgan fingerprint density at radius 3 is 2.56 bits per heavy atom. The van der Waals surface area contributed by atoms with Crippen LogP contribution < -0.4 is 5.32 Å². The highest BCUT2D eigenvalue weighted by Gasteiger charge is 2.06. The number of ether oxygens (including phenoxy) is 1. The second-order valence-electron chi connectivity index (χ2n) is 3.66. The minimum Gasteiger partial charge on any atom is -0.462 e. The normalized spacial score (nSPS) is 9.33. The van der Waals surface area contributed by atoms with Gasteiger partial charge in [0.05, 0.1) is 18.2 Å². The summed E-state index contributed by atoms with van der Waals surface area (Å²) in [6.07, 6.45) is 0.904. The van der Waals surface area contributed by atoms with Crippen molar-refractivity contribution in [3.63, 3.8) is 0 Å². The average molecular weight is 246 g/mol. The molecule has 0 unspecified atom stereocenters. The molecule has 5 heteroatoms. The fraction of sp³-hybridized carbons (Fsp3) is 0.308. The summed E-state index contributed by atoms with van der Waals surface area (Å²) >= 11 is 0. The third-order valence-electron chi connectivity index (χ3n) is 2.11. The van der Waals surface area contributed by atoms with Crippen molar-refractivity contribution in [3.05, 3.63) is 29.8 Å². The van der Waals surface area contributed by atoms with E-state index in [-0.39, 0.29) is 12.5 Å². The van der Waals surface area contributed by atoms with Crippen molar-refractivity contribution in [2.75, 3.05) is 11.9 Å². The Balaban J connectivity index is 2.49. The second kappa shape index (κ2) is 7.07. The molecule has 0 aromatic heterocycles. The summed E-state index contributed by atoms with van der Waals surface area (Å²) in [4.78, 5) is 22.4. The molecule has 0 aliphatic rings. The minimum absolute atomic E-state index is 0.165.